The Labute approximate surface area is 39.1 Å². The number of nitriles is 1. The van der Waals surface area contributed by atoms with Crippen molar-refractivity contribution in [1.82, 2.24) is 5.48 Å². The zero-order valence-corrected chi connectivity index (χ0v) is 3.21. The average Bonchev–Trinajstić information content (AvgIpc) is 1.61. The lowest BCUT2D eigenvalue weighted by molar-refractivity contribution is 0.116. The van der Waals surface area contributed by atoms with Crippen molar-refractivity contribution in [2.45, 2.75) is 0 Å². The van der Waals surface area contributed by atoms with E-state index in [1.165, 1.54) is 5.48 Å². The molecule has 0 aliphatic heterocycles. The van der Waals surface area contributed by atoms with Gasteiger partial charge in [-0.1, -0.05) is 0 Å². The van der Waals surface area contributed by atoms with Crippen LogP contribution >= 0.6 is 0 Å². The van der Waals surface area contributed by atoms with Gasteiger partial charge in [-0.2, -0.15) is 0 Å². The molecule has 0 aromatic carbocycles. The topological polar surface area (TPSA) is 82.3 Å². The number of hydroxylamine groups is 1. The van der Waals surface area contributed by atoms with Gasteiger partial charge in [0.1, 0.15) is 0 Å². The first-order valence-electron chi connectivity index (χ1n) is 1.31. The van der Waals surface area contributed by atoms with E-state index >= 15 is 0 Å². The third kappa shape index (κ3) is 4.56. The van der Waals surface area contributed by atoms with Crippen molar-refractivity contribution in [3.63, 3.8) is 0 Å². The normalized spacial score (nSPS) is 6.14. The van der Waals surface area contributed by atoms with Crippen molar-refractivity contribution in [3.05, 3.63) is 0 Å². The lowest BCUT2D eigenvalue weighted by Crippen LogP contribution is -2.18. The van der Waals surface area contributed by atoms with Gasteiger partial charge in [-0.3, -0.25) is 4.84 Å². The Morgan fingerprint density at radius 2 is 2.57 bits per heavy atom. The molecule has 0 atom stereocenters. The second-order valence-corrected chi connectivity index (χ2v) is 0.601. The van der Waals surface area contributed by atoms with Gasteiger partial charge in [0.2, 0.25) is 0 Å². The van der Waals surface area contributed by atoms with E-state index in [4.69, 9.17) is 10.4 Å². The van der Waals surface area contributed by atoms with E-state index in [1.807, 2.05) is 0 Å². The standard InChI is InChI=1S/C2H2N2O3/c3-1-7-4-2(5)6/h4H,(H,5,6). The fourth-order valence-corrected chi connectivity index (χ4v) is 0.0665. The van der Waals surface area contributed by atoms with E-state index in [-0.39, 0.29) is 0 Å². The molecule has 0 fully saturated rings. The van der Waals surface area contributed by atoms with E-state index in [2.05, 4.69) is 4.84 Å². The SMILES string of the molecule is N#CONC(=O)O. The number of nitrogens with one attached hydrogen (secondary N) is 1. The average molecular weight is 102 g/mol. The summed E-state index contributed by atoms with van der Waals surface area (Å²) in [6, 6.07) is 0. The Morgan fingerprint density at radius 3 is 2.71 bits per heavy atom. The molecule has 0 spiro atoms. The highest BCUT2D eigenvalue weighted by molar-refractivity contribution is 5.62. The van der Waals surface area contributed by atoms with Crippen molar-refractivity contribution in [3.8, 4) is 6.26 Å². The Kier molecular flexibility index (Phi) is 2.21. The van der Waals surface area contributed by atoms with Crippen LogP contribution in [0.15, 0.2) is 0 Å². The Bertz CT molecular complexity index is 104. The van der Waals surface area contributed by atoms with E-state index in [9.17, 15) is 4.79 Å². The van der Waals surface area contributed by atoms with Crippen LogP contribution in [0.5, 0.6) is 0 Å². The fraction of sp³-hybridized carbons (Fsp3) is 0. The van der Waals surface area contributed by atoms with Gasteiger partial charge in [0, 0.05) is 0 Å². The van der Waals surface area contributed by atoms with E-state index in [0.717, 1.165) is 6.26 Å². The van der Waals surface area contributed by atoms with Gasteiger partial charge >= 0.3 is 12.3 Å². The highest BCUT2D eigenvalue weighted by Gasteiger charge is 1.87. The first kappa shape index (κ1) is 5.56. The highest BCUT2D eigenvalue weighted by Crippen LogP contribution is 1.57. The zero-order valence-electron chi connectivity index (χ0n) is 3.21. The molecule has 0 aliphatic rings. The second kappa shape index (κ2) is 2.78. The Morgan fingerprint density at radius 1 is 2.00 bits per heavy atom. The quantitative estimate of drug-likeness (QED) is 0.350. The van der Waals surface area contributed by atoms with E-state index < -0.39 is 6.09 Å². The van der Waals surface area contributed by atoms with Gasteiger partial charge in [0.15, 0.2) is 0 Å². The zero-order chi connectivity index (χ0) is 5.70. The van der Waals surface area contributed by atoms with Crippen molar-refractivity contribution in [1.29, 1.82) is 5.26 Å². The van der Waals surface area contributed by atoms with Crippen LogP contribution in [0.2, 0.25) is 0 Å². The maximum atomic E-state index is 9.37. The van der Waals surface area contributed by atoms with Crippen LogP contribution in [0.3, 0.4) is 0 Å². The summed E-state index contributed by atoms with van der Waals surface area (Å²) in [4.78, 5) is 12.9. The van der Waals surface area contributed by atoms with Crippen LogP contribution in [0.4, 0.5) is 4.79 Å². The second-order valence-electron chi connectivity index (χ2n) is 0.601. The van der Waals surface area contributed by atoms with Gasteiger partial charge in [-0.05, 0) is 0 Å². The maximum Gasteiger partial charge on any atom is 0.438 e. The molecule has 0 heterocycles. The predicted molar refractivity (Wildman–Crippen MR) is 17.9 cm³/mol. The Hall–Kier alpha value is -1.44. The molecule has 5 heteroatoms. The van der Waals surface area contributed by atoms with Crippen molar-refractivity contribution >= 4 is 6.09 Å². The van der Waals surface area contributed by atoms with E-state index in [1.54, 1.807) is 0 Å². The molecular formula is C2H2N2O3. The largest absolute Gasteiger partial charge is 0.463 e. The van der Waals surface area contributed by atoms with Crippen molar-refractivity contribution in [2.24, 2.45) is 0 Å². The summed E-state index contributed by atoms with van der Waals surface area (Å²) >= 11 is 0. The third-order valence-corrected chi connectivity index (χ3v) is 0.184. The van der Waals surface area contributed by atoms with Crippen LogP contribution in [0.25, 0.3) is 0 Å². The van der Waals surface area contributed by atoms with Crippen LogP contribution in [-0.2, 0) is 4.84 Å². The molecule has 0 saturated carbocycles. The van der Waals surface area contributed by atoms with Crippen LogP contribution < -0.4 is 5.48 Å². The first-order valence-corrected chi connectivity index (χ1v) is 1.31. The number of nitrogens with zero attached hydrogens (tertiary/aromatic N) is 1. The van der Waals surface area contributed by atoms with Crippen LogP contribution in [-0.4, -0.2) is 11.2 Å². The number of carbonyl (C=O) groups is 1. The monoisotopic (exact) mass is 102 g/mol. The molecule has 1 amide bonds. The van der Waals surface area contributed by atoms with Gasteiger partial charge in [0.05, 0.1) is 0 Å². The molecule has 0 bridgehead atoms. The summed E-state index contributed by atoms with van der Waals surface area (Å²) in [6.45, 7) is 0. The summed E-state index contributed by atoms with van der Waals surface area (Å²) in [5.74, 6) is 0. The number of amides is 1. The molecule has 0 aliphatic carbocycles. The summed E-state index contributed by atoms with van der Waals surface area (Å²) in [7, 11) is 0. The van der Waals surface area contributed by atoms with Crippen LogP contribution in [0.1, 0.15) is 0 Å². The number of hydrogen-bond acceptors (Lipinski definition) is 3. The molecule has 0 aromatic rings. The minimum Gasteiger partial charge on any atom is -0.463 e. The first-order chi connectivity index (χ1) is 3.27. The lowest BCUT2D eigenvalue weighted by Gasteiger charge is -1.86. The van der Waals surface area contributed by atoms with Gasteiger partial charge in [-0.15, -0.1) is 10.7 Å². The molecule has 0 saturated heterocycles. The predicted octanol–water partition coefficient (Wildman–Crippen LogP) is -0.333. The molecule has 7 heavy (non-hydrogen) atoms. The fourth-order valence-electron chi connectivity index (χ4n) is 0.0665. The molecule has 38 valence electrons. The molecule has 0 aromatic heterocycles. The summed E-state index contributed by atoms with van der Waals surface area (Å²) in [5, 5.41) is 15.2. The van der Waals surface area contributed by atoms with Crippen LogP contribution in [0, 0.1) is 11.5 Å². The smallest absolute Gasteiger partial charge is 0.438 e. The molecule has 5 nitrogen and oxygen atoms in total. The summed E-state index contributed by atoms with van der Waals surface area (Å²) in [5.41, 5.74) is 1.35. The number of rotatable bonds is 1. The van der Waals surface area contributed by atoms with E-state index in [0.29, 0.717) is 0 Å². The number of hydrogen-bond donors (Lipinski definition) is 2. The minimum atomic E-state index is -1.39. The summed E-state index contributed by atoms with van der Waals surface area (Å²) in [6.07, 6.45) is -0.280. The molecule has 0 unspecified atom stereocenters. The number of carboxylic acid groups (broad SMARTS) is 1. The van der Waals surface area contributed by atoms with Gasteiger partial charge in [-0.25, -0.2) is 4.79 Å². The minimum absolute atomic E-state index is 1.11. The van der Waals surface area contributed by atoms with Crippen molar-refractivity contribution < 1.29 is 14.7 Å². The van der Waals surface area contributed by atoms with Gasteiger partial charge in [0.25, 0.3) is 0 Å². The Balaban J connectivity index is 3.02. The lowest BCUT2D eigenvalue weighted by atomic mass is 11.3. The maximum absolute atomic E-state index is 9.37. The molecular weight excluding hydrogens is 100 g/mol. The highest BCUT2D eigenvalue weighted by atomic mass is 16.7. The van der Waals surface area contributed by atoms with Crippen molar-refractivity contribution in [2.75, 3.05) is 0 Å². The molecule has 2 N–H and O–H groups in total. The summed E-state index contributed by atoms with van der Waals surface area (Å²) < 4.78 is 0. The van der Waals surface area contributed by atoms with Gasteiger partial charge < -0.3 is 5.11 Å². The molecule has 0 rings (SSSR count). The third-order valence-electron chi connectivity index (χ3n) is 0.184. The molecule has 0 radical (unpaired) electrons.